The zero-order valence-corrected chi connectivity index (χ0v) is 13.1. The maximum Gasteiger partial charge on any atom is 0.0900 e. The molecule has 1 aliphatic rings. The summed E-state index contributed by atoms with van der Waals surface area (Å²) in [6.07, 6.45) is 0. The van der Waals surface area contributed by atoms with Crippen molar-refractivity contribution in [2.45, 2.75) is 32.9 Å². The maximum absolute atomic E-state index is 4.64. The molecule has 1 aliphatic heterocycles. The Hall–Kier alpha value is 0.290. The first kappa shape index (κ1) is 13.7. The molecule has 0 unspecified atom stereocenters. The molecule has 0 amide bonds. The van der Waals surface area contributed by atoms with Crippen LogP contribution in [0.4, 0.5) is 0 Å². The lowest BCUT2D eigenvalue weighted by Gasteiger charge is -2.20. The van der Waals surface area contributed by atoms with Gasteiger partial charge in [-0.15, -0.1) is 11.3 Å². The first-order valence-electron chi connectivity index (χ1n) is 6.02. The minimum atomic E-state index is 0.379. The summed E-state index contributed by atoms with van der Waals surface area (Å²) in [5, 5.41) is 4.91. The molecule has 2 rings (SSSR count). The number of hydrogen-bond donors (Lipinski definition) is 1. The van der Waals surface area contributed by atoms with Crippen molar-refractivity contribution < 1.29 is 0 Å². The molecule has 0 aliphatic carbocycles. The number of thioether (sulfide) groups is 2. The Morgan fingerprint density at radius 3 is 2.41 bits per heavy atom. The lowest BCUT2D eigenvalue weighted by molar-refractivity contribution is 0.507. The minimum absolute atomic E-state index is 0.379. The van der Waals surface area contributed by atoms with Gasteiger partial charge in [0.05, 0.1) is 10.7 Å². The van der Waals surface area contributed by atoms with Gasteiger partial charge in [0.25, 0.3) is 0 Å². The van der Waals surface area contributed by atoms with Crippen molar-refractivity contribution in [3.05, 3.63) is 15.6 Å². The molecule has 1 aromatic heterocycles. The fraction of sp³-hybridized carbons (Fsp3) is 0.750. The van der Waals surface area contributed by atoms with Crippen LogP contribution in [-0.2, 0) is 0 Å². The Balaban J connectivity index is 1.95. The van der Waals surface area contributed by atoms with Crippen molar-refractivity contribution in [1.82, 2.24) is 10.3 Å². The number of nitrogens with zero attached hydrogens (tertiary/aromatic N) is 1. The van der Waals surface area contributed by atoms with Crippen LogP contribution >= 0.6 is 34.9 Å². The van der Waals surface area contributed by atoms with E-state index in [1.54, 1.807) is 11.3 Å². The average Bonchev–Trinajstić information content (AvgIpc) is 2.51. The molecule has 2 nitrogen and oxygen atoms in total. The SMILES string of the molecule is Cc1nc([C@@H](C)NC2CSCCSC2)c(C)s1. The van der Waals surface area contributed by atoms with Gasteiger partial charge in [-0.05, 0) is 20.8 Å². The van der Waals surface area contributed by atoms with Gasteiger partial charge in [0.15, 0.2) is 0 Å². The molecule has 0 spiro atoms. The van der Waals surface area contributed by atoms with Gasteiger partial charge >= 0.3 is 0 Å². The van der Waals surface area contributed by atoms with Crippen LogP contribution in [-0.4, -0.2) is 34.0 Å². The standard InChI is InChI=1S/C12H20N2S3/c1-8(12-9(2)17-10(3)14-12)13-11-6-15-4-5-16-7-11/h8,11,13H,4-7H2,1-3H3/t8-/m1/s1. The Kier molecular flexibility index (Phi) is 5.21. The predicted octanol–water partition coefficient (Wildman–Crippen LogP) is 3.26. The van der Waals surface area contributed by atoms with Gasteiger partial charge in [-0.1, -0.05) is 0 Å². The molecule has 1 fully saturated rings. The van der Waals surface area contributed by atoms with Gasteiger partial charge < -0.3 is 5.32 Å². The molecule has 17 heavy (non-hydrogen) atoms. The average molecular weight is 289 g/mol. The van der Waals surface area contributed by atoms with Gasteiger partial charge in [0.2, 0.25) is 0 Å². The molecule has 5 heteroatoms. The van der Waals surface area contributed by atoms with E-state index in [4.69, 9.17) is 0 Å². The lowest BCUT2D eigenvalue weighted by atomic mass is 10.2. The maximum atomic E-state index is 4.64. The van der Waals surface area contributed by atoms with Crippen molar-refractivity contribution >= 4 is 34.9 Å². The Morgan fingerprint density at radius 1 is 1.24 bits per heavy atom. The van der Waals surface area contributed by atoms with E-state index in [0.29, 0.717) is 12.1 Å². The highest BCUT2D eigenvalue weighted by Gasteiger charge is 2.18. The van der Waals surface area contributed by atoms with E-state index in [2.05, 4.69) is 54.6 Å². The molecule has 1 aromatic rings. The summed E-state index contributed by atoms with van der Waals surface area (Å²) in [4.78, 5) is 6.00. The van der Waals surface area contributed by atoms with Crippen LogP contribution in [0.1, 0.15) is 28.5 Å². The Bertz CT molecular complexity index is 357. The van der Waals surface area contributed by atoms with Gasteiger partial charge in [0.1, 0.15) is 0 Å². The second-order valence-corrected chi connectivity index (χ2v) is 8.12. The monoisotopic (exact) mass is 288 g/mol. The number of rotatable bonds is 3. The summed E-state index contributed by atoms with van der Waals surface area (Å²) in [6, 6.07) is 1.01. The largest absolute Gasteiger partial charge is 0.304 e. The van der Waals surface area contributed by atoms with Gasteiger partial charge in [-0.3, -0.25) is 0 Å². The van der Waals surface area contributed by atoms with E-state index in [0.717, 1.165) is 0 Å². The van der Waals surface area contributed by atoms with E-state index in [9.17, 15) is 0 Å². The van der Waals surface area contributed by atoms with Gasteiger partial charge in [-0.25, -0.2) is 4.98 Å². The summed E-state index contributed by atoms with van der Waals surface area (Å²) >= 11 is 5.94. The molecule has 96 valence electrons. The number of hydrogen-bond acceptors (Lipinski definition) is 5. The topological polar surface area (TPSA) is 24.9 Å². The number of thiazole rings is 1. The zero-order chi connectivity index (χ0) is 12.3. The number of aromatic nitrogens is 1. The molecule has 1 saturated heterocycles. The highest BCUT2D eigenvalue weighted by molar-refractivity contribution is 8.03. The van der Waals surface area contributed by atoms with Crippen molar-refractivity contribution in [3.8, 4) is 0 Å². The van der Waals surface area contributed by atoms with Crippen LogP contribution < -0.4 is 5.32 Å². The van der Waals surface area contributed by atoms with E-state index >= 15 is 0 Å². The summed E-state index contributed by atoms with van der Waals surface area (Å²) in [5.74, 6) is 5.07. The van der Waals surface area contributed by atoms with Crippen LogP contribution in [0.2, 0.25) is 0 Å². The Labute approximate surface area is 116 Å². The van der Waals surface area contributed by atoms with E-state index in [-0.39, 0.29) is 0 Å². The van der Waals surface area contributed by atoms with Crippen LogP contribution in [0.3, 0.4) is 0 Å². The normalized spacial score (nSPS) is 20.2. The summed E-state index contributed by atoms with van der Waals surface area (Å²) in [7, 11) is 0. The lowest BCUT2D eigenvalue weighted by Crippen LogP contribution is -2.35. The molecular weight excluding hydrogens is 268 g/mol. The third-order valence-electron chi connectivity index (χ3n) is 2.85. The molecular formula is C12H20N2S3. The van der Waals surface area contributed by atoms with Gasteiger partial charge in [-0.2, -0.15) is 23.5 Å². The third-order valence-corrected chi connectivity index (χ3v) is 6.27. The second kappa shape index (κ2) is 6.45. The smallest absolute Gasteiger partial charge is 0.0900 e. The highest BCUT2D eigenvalue weighted by Crippen LogP contribution is 2.24. The molecule has 1 N–H and O–H groups in total. The third kappa shape index (κ3) is 3.88. The predicted molar refractivity (Wildman–Crippen MR) is 81.6 cm³/mol. The quantitative estimate of drug-likeness (QED) is 0.923. The summed E-state index contributed by atoms with van der Waals surface area (Å²) < 4.78 is 0. The second-order valence-electron chi connectivity index (χ2n) is 4.41. The van der Waals surface area contributed by atoms with Crippen molar-refractivity contribution in [2.24, 2.45) is 0 Å². The van der Waals surface area contributed by atoms with Gasteiger partial charge in [0, 0.05) is 40.0 Å². The van der Waals surface area contributed by atoms with Crippen LogP contribution in [0.15, 0.2) is 0 Å². The highest BCUT2D eigenvalue weighted by atomic mass is 32.2. The molecule has 2 heterocycles. The first-order valence-corrected chi connectivity index (χ1v) is 9.15. The number of aryl methyl sites for hydroxylation is 2. The van der Waals surface area contributed by atoms with Crippen LogP contribution in [0, 0.1) is 13.8 Å². The molecule has 0 radical (unpaired) electrons. The summed E-state index contributed by atoms with van der Waals surface area (Å²) in [5.41, 5.74) is 1.24. The fourth-order valence-electron chi connectivity index (χ4n) is 2.09. The molecule has 0 bridgehead atoms. The zero-order valence-electron chi connectivity index (χ0n) is 10.7. The first-order chi connectivity index (χ1) is 8.16. The Morgan fingerprint density at radius 2 is 1.88 bits per heavy atom. The fourth-order valence-corrected chi connectivity index (χ4v) is 5.43. The van der Waals surface area contributed by atoms with Crippen molar-refractivity contribution in [2.75, 3.05) is 23.0 Å². The molecule has 0 aromatic carbocycles. The van der Waals surface area contributed by atoms with Crippen molar-refractivity contribution in [1.29, 1.82) is 0 Å². The molecule has 0 saturated carbocycles. The minimum Gasteiger partial charge on any atom is -0.304 e. The van der Waals surface area contributed by atoms with E-state index in [1.165, 1.54) is 38.6 Å². The number of nitrogens with one attached hydrogen (secondary N) is 1. The van der Waals surface area contributed by atoms with Crippen LogP contribution in [0.5, 0.6) is 0 Å². The van der Waals surface area contributed by atoms with E-state index in [1.807, 2.05) is 0 Å². The van der Waals surface area contributed by atoms with Crippen LogP contribution in [0.25, 0.3) is 0 Å². The van der Waals surface area contributed by atoms with E-state index < -0.39 is 0 Å². The van der Waals surface area contributed by atoms with Crippen molar-refractivity contribution in [3.63, 3.8) is 0 Å². The molecule has 1 atom stereocenters. The summed E-state index contributed by atoms with van der Waals surface area (Å²) in [6.45, 7) is 6.50.